The fourth-order valence-corrected chi connectivity index (χ4v) is 7.35. The second kappa shape index (κ2) is 5.16. The molecular formula is C20H30O5. The molecule has 0 aromatic rings. The quantitative estimate of drug-likeness (QED) is 0.530. The van der Waals surface area contributed by atoms with Crippen molar-refractivity contribution < 1.29 is 25.2 Å². The molecule has 2 bridgehead atoms. The molecule has 0 aromatic heterocycles. The van der Waals surface area contributed by atoms with Gasteiger partial charge in [0.25, 0.3) is 0 Å². The van der Waals surface area contributed by atoms with E-state index >= 15 is 0 Å². The molecule has 0 aromatic carbocycles. The average Bonchev–Trinajstić information content (AvgIpc) is 2.68. The van der Waals surface area contributed by atoms with Crippen molar-refractivity contribution in [2.24, 2.45) is 34.0 Å². The number of Topliss-reactive ketones (excluding diaryl/α,β-unsaturated/α-hetero) is 1. The third-order valence-corrected chi connectivity index (χ3v) is 8.55. The Balaban J connectivity index is 1.94. The van der Waals surface area contributed by atoms with Crippen LogP contribution in [-0.4, -0.2) is 51.1 Å². The SMILES string of the molecule is C=C1C(=O)C23C(O)C[C@@H]4C(C)(C)CCC(O)C4(CO)[C@@H]2CCC1C3O. The van der Waals surface area contributed by atoms with Gasteiger partial charge in [-0.2, -0.15) is 0 Å². The van der Waals surface area contributed by atoms with Crippen LogP contribution in [0.3, 0.4) is 0 Å². The summed E-state index contributed by atoms with van der Waals surface area (Å²) in [5, 5.41) is 43.7. The van der Waals surface area contributed by atoms with E-state index in [4.69, 9.17) is 0 Å². The highest BCUT2D eigenvalue weighted by atomic mass is 16.3. The van der Waals surface area contributed by atoms with Gasteiger partial charge in [0.05, 0.1) is 30.3 Å². The summed E-state index contributed by atoms with van der Waals surface area (Å²) in [5.41, 5.74) is -1.91. The summed E-state index contributed by atoms with van der Waals surface area (Å²) in [6.07, 6.45) is 0.291. The highest BCUT2D eigenvalue weighted by Gasteiger charge is 2.76. The van der Waals surface area contributed by atoms with Gasteiger partial charge in [-0.05, 0) is 54.9 Å². The average molecular weight is 350 g/mol. The van der Waals surface area contributed by atoms with Crippen LogP contribution in [0, 0.1) is 34.0 Å². The zero-order valence-corrected chi connectivity index (χ0v) is 15.1. The molecule has 0 radical (unpaired) electrons. The topological polar surface area (TPSA) is 98.0 Å². The molecule has 5 heteroatoms. The summed E-state index contributed by atoms with van der Waals surface area (Å²) >= 11 is 0. The van der Waals surface area contributed by atoms with Crippen molar-refractivity contribution in [3.05, 3.63) is 12.2 Å². The van der Waals surface area contributed by atoms with Crippen LogP contribution in [0.25, 0.3) is 0 Å². The predicted molar refractivity (Wildman–Crippen MR) is 91.5 cm³/mol. The number of rotatable bonds is 1. The van der Waals surface area contributed by atoms with E-state index in [2.05, 4.69) is 20.4 Å². The lowest BCUT2D eigenvalue weighted by molar-refractivity contribution is -0.267. The van der Waals surface area contributed by atoms with Crippen LogP contribution in [0.2, 0.25) is 0 Å². The van der Waals surface area contributed by atoms with E-state index in [-0.39, 0.29) is 29.6 Å². The normalized spacial score (nSPS) is 54.2. The molecule has 0 saturated heterocycles. The molecule has 4 fully saturated rings. The standard InChI is InChI=1S/C20H30O5/c1-10-11-4-5-12-19(9-21)13(18(2,3)7-6-14(19)22)8-15(23)20(12,16(10)24)17(11)25/h11-15,17,21-23,25H,1,4-9H2,2-3H3/t11?,12-,13+,14?,15?,17?,19?,20?/m0/s1. The Labute approximate surface area is 148 Å². The maximum atomic E-state index is 13.2. The Kier molecular flexibility index (Phi) is 3.64. The summed E-state index contributed by atoms with van der Waals surface area (Å²) in [6, 6.07) is 0. The maximum absolute atomic E-state index is 13.2. The lowest BCUT2D eigenvalue weighted by Gasteiger charge is -2.66. The van der Waals surface area contributed by atoms with E-state index in [9.17, 15) is 25.2 Å². The van der Waals surface area contributed by atoms with Crippen molar-refractivity contribution in [1.82, 2.24) is 0 Å². The summed E-state index contributed by atoms with van der Waals surface area (Å²) in [4.78, 5) is 13.2. The van der Waals surface area contributed by atoms with Crippen molar-refractivity contribution in [2.45, 2.75) is 64.3 Å². The van der Waals surface area contributed by atoms with Crippen LogP contribution < -0.4 is 0 Å². The van der Waals surface area contributed by atoms with E-state index in [1.807, 2.05) is 0 Å². The van der Waals surface area contributed by atoms with Crippen LogP contribution in [0.5, 0.6) is 0 Å². The second-order valence-corrected chi connectivity index (χ2v) is 9.59. The number of ketones is 1. The number of aliphatic hydroxyl groups excluding tert-OH is 4. The third-order valence-electron chi connectivity index (χ3n) is 8.55. The molecule has 0 heterocycles. The predicted octanol–water partition coefficient (Wildman–Crippen LogP) is 1.04. The minimum atomic E-state index is -1.31. The number of hydrogen-bond acceptors (Lipinski definition) is 5. The molecule has 4 rings (SSSR count). The van der Waals surface area contributed by atoms with Gasteiger partial charge >= 0.3 is 0 Å². The second-order valence-electron chi connectivity index (χ2n) is 9.59. The third kappa shape index (κ3) is 1.76. The lowest BCUT2D eigenvalue weighted by atomic mass is 9.38. The molecule has 0 amide bonds. The summed E-state index contributed by atoms with van der Waals surface area (Å²) in [7, 11) is 0. The van der Waals surface area contributed by atoms with E-state index in [1.54, 1.807) is 0 Å². The monoisotopic (exact) mass is 350 g/mol. The van der Waals surface area contributed by atoms with Gasteiger partial charge < -0.3 is 20.4 Å². The molecular weight excluding hydrogens is 320 g/mol. The summed E-state index contributed by atoms with van der Waals surface area (Å²) in [6.45, 7) is 7.92. The van der Waals surface area contributed by atoms with Crippen LogP contribution >= 0.6 is 0 Å². The molecule has 5 nitrogen and oxygen atoms in total. The molecule has 8 atom stereocenters. The first-order chi connectivity index (χ1) is 11.7. The van der Waals surface area contributed by atoms with Crippen LogP contribution in [0.1, 0.15) is 46.0 Å². The molecule has 25 heavy (non-hydrogen) atoms. The zero-order chi connectivity index (χ0) is 18.4. The summed E-state index contributed by atoms with van der Waals surface area (Å²) in [5.74, 6) is -1.07. The van der Waals surface area contributed by atoms with Gasteiger partial charge in [-0.15, -0.1) is 0 Å². The highest BCUT2D eigenvalue weighted by Crippen LogP contribution is 2.70. The van der Waals surface area contributed by atoms with Crippen LogP contribution in [0.15, 0.2) is 12.2 Å². The van der Waals surface area contributed by atoms with Crippen molar-refractivity contribution in [2.75, 3.05) is 6.61 Å². The largest absolute Gasteiger partial charge is 0.396 e. The van der Waals surface area contributed by atoms with Gasteiger partial charge in [0.1, 0.15) is 0 Å². The Bertz CT molecular complexity index is 628. The minimum absolute atomic E-state index is 0.0928. The summed E-state index contributed by atoms with van der Waals surface area (Å²) < 4.78 is 0. The molecule has 4 aliphatic carbocycles. The number of carbonyl (C=O) groups is 1. The van der Waals surface area contributed by atoms with E-state index in [0.29, 0.717) is 31.3 Å². The van der Waals surface area contributed by atoms with E-state index < -0.39 is 35.1 Å². The van der Waals surface area contributed by atoms with Gasteiger partial charge in [-0.1, -0.05) is 20.4 Å². The Hall–Kier alpha value is -0.750. The van der Waals surface area contributed by atoms with Gasteiger partial charge in [0, 0.05) is 11.3 Å². The molecule has 1 spiro atoms. The Morgan fingerprint density at radius 3 is 2.40 bits per heavy atom. The van der Waals surface area contributed by atoms with Crippen molar-refractivity contribution >= 4 is 5.78 Å². The number of aliphatic hydroxyl groups is 4. The van der Waals surface area contributed by atoms with Crippen LogP contribution in [-0.2, 0) is 4.79 Å². The van der Waals surface area contributed by atoms with Gasteiger partial charge in [-0.25, -0.2) is 0 Å². The molecule has 6 unspecified atom stereocenters. The fourth-order valence-electron chi connectivity index (χ4n) is 7.35. The van der Waals surface area contributed by atoms with Crippen LogP contribution in [0.4, 0.5) is 0 Å². The van der Waals surface area contributed by atoms with E-state index in [0.717, 1.165) is 6.42 Å². The molecule has 4 N–H and O–H groups in total. The first kappa shape index (κ1) is 17.7. The number of fused-ring (bicyclic) bond motifs is 3. The van der Waals surface area contributed by atoms with Crippen molar-refractivity contribution in [1.29, 1.82) is 0 Å². The van der Waals surface area contributed by atoms with Crippen molar-refractivity contribution in [3.63, 3.8) is 0 Å². The van der Waals surface area contributed by atoms with Gasteiger partial charge in [-0.3, -0.25) is 4.79 Å². The highest BCUT2D eigenvalue weighted by molar-refractivity contribution is 6.04. The Morgan fingerprint density at radius 2 is 1.76 bits per heavy atom. The van der Waals surface area contributed by atoms with Gasteiger partial charge in [0.2, 0.25) is 0 Å². The zero-order valence-electron chi connectivity index (χ0n) is 15.1. The Morgan fingerprint density at radius 1 is 1.08 bits per heavy atom. The number of carbonyl (C=O) groups excluding carboxylic acids is 1. The smallest absolute Gasteiger partial charge is 0.170 e. The minimum Gasteiger partial charge on any atom is -0.396 e. The fraction of sp³-hybridized carbons (Fsp3) is 0.850. The first-order valence-electron chi connectivity index (χ1n) is 9.54. The van der Waals surface area contributed by atoms with Gasteiger partial charge in [0.15, 0.2) is 5.78 Å². The molecule has 4 aliphatic rings. The van der Waals surface area contributed by atoms with Crippen molar-refractivity contribution in [3.8, 4) is 0 Å². The molecule has 0 aliphatic heterocycles. The molecule has 140 valence electrons. The number of hydrogen-bond donors (Lipinski definition) is 4. The maximum Gasteiger partial charge on any atom is 0.170 e. The first-order valence-corrected chi connectivity index (χ1v) is 9.54. The lowest BCUT2D eigenvalue weighted by Crippen LogP contribution is -2.71. The van der Waals surface area contributed by atoms with E-state index in [1.165, 1.54) is 0 Å². The molecule has 4 saturated carbocycles.